The van der Waals surface area contributed by atoms with Crippen molar-refractivity contribution in [3.8, 4) is 56.4 Å². The number of hydrogen-bond acceptors (Lipinski definition) is 5. The van der Waals surface area contributed by atoms with Gasteiger partial charge >= 0.3 is 0 Å². The molecule has 0 saturated carbocycles. The molecular formula is C45H27N3O2. The Morgan fingerprint density at radius 3 is 1.50 bits per heavy atom. The molecule has 0 fully saturated rings. The Balaban J connectivity index is 1.01. The summed E-state index contributed by atoms with van der Waals surface area (Å²) in [4.78, 5) is 14.6. The van der Waals surface area contributed by atoms with E-state index in [2.05, 4.69) is 78.9 Å². The summed E-state index contributed by atoms with van der Waals surface area (Å²) in [5, 5.41) is 4.25. The zero-order valence-electron chi connectivity index (χ0n) is 26.7. The molecule has 0 amide bonds. The minimum absolute atomic E-state index is 0.638. The van der Waals surface area contributed by atoms with Crippen molar-refractivity contribution in [2.45, 2.75) is 0 Å². The van der Waals surface area contributed by atoms with E-state index in [1.165, 1.54) is 0 Å². The lowest BCUT2D eigenvalue weighted by atomic mass is 9.97. The smallest absolute Gasteiger partial charge is 0.164 e. The Morgan fingerprint density at radius 1 is 0.300 bits per heavy atom. The molecule has 234 valence electrons. The highest BCUT2D eigenvalue weighted by molar-refractivity contribution is 6.22. The highest BCUT2D eigenvalue weighted by Crippen LogP contribution is 2.40. The van der Waals surface area contributed by atoms with Gasteiger partial charge in [-0.05, 0) is 58.7 Å². The van der Waals surface area contributed by atoms with Crippen LogP contribution in [0.25, 0.3) is 100 Å². The molecule has 7 aromatic carbocycles. The molecule has 3 heterocycles. The number of hydrogen-bond donors (Lipinski definition) is 0. The standard InChI is InChI=1S/C45H27N3O2/c1-3-10-29(11-4-1)43-46-44(30-12-5-2-6-13-30)48-45(47-43)31-20-18-28(19-21-31)32-14-9-15-33(26-32)34-22-24-39-37(27-34)35-23-25-40-41(42(35)50-39)36-16-7-8-17-38(36)49-40/h1-27H. The average Bonchev–Trinajstić information content (AvgIpc) is 3.76. The predicted molar refractivity (Wildman–Crippen MR) is 202 cm³/mol. The van der Waals surface area contributed by atoms with E-state index in [4.69, 9.17) is 23.8 Å². The van der Waals surface area contributed by atoms with Crippen molar-refractivity contribution >= 4 is 43.9 Å². The normalized spacial score (nSPS) is 11.6. The number of benzene rings is 7. The summed E-state index contributed by atoms with van der Waals surface area (Å²) in [5.41, 5.74) is 10.7. The third-order valence-electron chi connectivity index (χ3n) is 9.35. The summed E-state index contributed by atoms with van der Waals surface area (Å²) >= 11 is 0. The van der Waals surface area contributed by atoms with Crippen LogP contribution >= 0.6 is 0 Å². The van der Waals surface area contributed by atoms with Crippen molar-refractivity contribution in [2.75, 3.05) is 0 Å². The zero-order chi connectivity index (χ0) is 33.0. The van der Waals surface area contributed by atoms with Crippen LogP contribution in [0.3, 0.4) is 0 Å². The Kier molecular flexibility index (Phi) is 6.42. The lowest BCUT2D eigenvalue weighted by Crippen LogP contribution is -2.00. The summed E-state index contributed by atoms with van der Waals surface area (Å²) in [5.74, 6) is 1.94. The Bertz CT molecular complexity index is 2800. The first-order valence-electron chi connectivity index (χ1n) is 16.6. The van der Waals surface area contributed by atoms with Crippen LogP contribution in [0.4, 0.5) is 0 Å². The van der Waals surface area contributed by atoms with Gasteiger partial charge in [0.25, 0.3) is 0 Å². The van der Waals surface area contributed by atoms with Crippen LogP contribution in [0.15, 0.2) is 173 Å². The molecular weight excluding hydrogens is 615 g/mol. The molecule has 0 bridgehead atoms. The fourth-order valence-electron chi connectivity index (χ4n) is 6.85. The molecule has 0 spiro atoms. The maximum absolute atomic E-state index is 6.45. The summed E-state index contributed by atoms with van der Waals surface area (Å²) in [6.45, 7) is 0. The number of nitrogens with zero attached hydrogens (tertiary/aromatic N) is 3. The number of rotatable bonds is 5. The molecule has 10 rings (SSSR count). The van der Waals surface area contributed by atoms with E-state index in [0.29, 0.717) is 17.5 Å². The fraction of sp³-hybridized carbons (Fsp3) is 0. The lowest BCUT2D eigenvalue weighted by Gasteiger charge is -2.10. The Morgan fingerprint density at radius 2 is 0.800 bits per heavy atom. The van der Waals surface area contributed by atoms with Crippen LogP contribution in [0.1, 0.15) is 0 Å². The fourth-order valence-corrected chi connectivity index (χ4v) is 6.85. The minimum Gasteiger partial charge on any atom is -0.456 e. The zero-order valence-corrected chi connectivity index (χ0v) is 26.7. The first kappa shape index (κ1) is 28.2. The lowest BCUT2D eigenvalue weighted by molar-refractivity contribution is 0.663. The van der Waals surface area contributed by atoms with Crippen molar-refractivity contribution in [1.82, 2.24) is 15.0 Å². The van der Waals surface area contributed by atoms with Gasteiger partial charge in [-0.15, -0.1) is 0 Å². The van der Waals surface area contributed by atoms with Gasteiger partial charge in [0, 0.05) is 32.8 Å². The highest BCUT2D eigenvalue weighted by atomic mass is 16.3. The van der Waals surface area contributed by atoms with E-state index in [9.17, 15) is 0 Å². The highest BCUT2D eigenvalue weighted by Gasteiger charge is 2.17. The van der Waals surface area contributed by atoms with Gasteiger partial charge in [0.15, 0.2) is 17.5 Å². The van der Waals surface area contributed by atoms with Crippen LogP contribution in [0, 0.1) is 0 Å². The second kappa shape index (κ2) is 11.4. The molecule has 0 aliphatic heterocycles. The van der Waals surface area contributed by atoms with Crippen molar-refractivity contribution in [2.24, 2.45) is 0 Å². The van der Waals surface area contributed by atoms with Gasteiger partial charge in [0.2, 0.25) is 0 Å². The van der Waals surface area contributed by atoms with Gasteiger partial charge in [0.05, 0.1) is 5.39 Å². The van der Waals surface area contributed by atoms with Crippen LogP contribution in [-0.2, 0) is 0 Å². The first-order chi connectivity index (χ1) is 24.7. The van der Waals surface area contributed by atoms with Gasteiger partial charge in [0.1, 0.15) is 22.3 Å². The van der Waals surface area contributed by atoms with Crippen LogP contribution in [-0.4, -0.2) is 15.0 Å². The molecule has 0 radical (unpaired) electrons. The molecule has 5 heteroatoms. The summed E-state index contributed by atoms with van der Waals surface area (Å²) < 4.78 is 12.6. The van der Waals surface area contributed by atoms with E-state index in [0.717, 1.165) is 82.8 Å². The molecule has 0 aliphatic rings. The van der Waals surface area contributed by atoms with Gasteiger partial charge in [-0.2, -0.15) is 0 Å². The summed E-state index contributed by atoms with van der Waals surface area (Å²) in [6, 6.07) is 55.9. The van der Waals surface area contributed by atoms with Gasteiger partial charge < -0.3 is 8.83 Å². The Hall–Kier alpha value is -6.85. The van der Waals surface area contributed by atoms with Crippen LogP contribution < -0.4 is 0 Å². The van der Waals surface area contributed by atoms with E-state index >= 15 is 0 Å². The minimum atomic E-state index is 0.638. The monoisotopic (exact) mass is 641 g/mol. The third kappa shape index (κ3) is 4.75. The SMILES string of the molecule is c1ccc(-c2nc(-c3ccccc3)nc(-c3ccc(-c4cccc(-c5ccc6oc7c(ccc8oc9ccccc9c87)c6c5)c4)cc3)n2)cc1. The molecule has 0 saturated heterocycles. The van der Waals surface area contributed by atoms with Crippen molar-refractivity contribution < 1.29 is 8.83 Å². The van der Waals surface area contributed by atoms with Gasteiger partial charge in [-0.3, -0.25) is 0 Å². The predicted octanol–water partition coefficient (Wildman–Crippen LogP) is 12.0. The van der Waals surface area contributed by atoms with E-state index < -0.39 is 0 Å². The first-order valence-corrected chi connectivity index (χ1v) is 16.6. The van der Waals surface area contributed by atoms with Crippen LogP contribution in [0.5, 0.6) is 0 Å². The van der Waals surface area contributed by atoms with Gasteiger partial charge in [-0.25, -0.2) is 15.0 Å². The number of furan rings is 2. The largest absolute Gasteiger partial charge is 0.456 e. The Labute approximate surface area is 287 Å². The molecule has 0 aliphatic carbocycles. The van der Waals surface area contributed by atoms with Crippen LogP contribution in [0.2, 0.25) is 0 Å². The second-order valence-electron chi connectivity index (χ2n) is 12.4. The molecule has 0 N–H and O–H groups in total. The van der Waals surface area contributed by atoms with Crippen molar-refractivity contribution in [1.29, 1.82) is 0 Å². The topological polar surface area (TPSA) is 65.0 Å². The molecule has 0 unspecified atom stereocenters. The van der Waals surface area contributed by atoms with E-state index in [1.807, 2.05) is 84.9 Å². The summed E-state index contributed by atoms with van der Waals surface area (Å²) in [6.07, 6.45) is 0. The van der Waals surface area contributed by atoms with Crippen molar-refractivity contribution in [3.05, 3.63) is 164 Å². The number of fused-ring (bicyclic) bond motifs is 7. The second-order valence-corrected chi connectivity index (χ2v) is 12.4. The molecule has 3 aromatic heterocycles. The van der Waals surface area contributed by atoms with E-state index in [-0.39, 0.29) is 0 Å². The van der Waals surface area contributed by atoms with E-state index in [1.54, 1.807) is 0 Å². The number of para-hydroxylation sites is 1. The molecule has 0 atom stereocenters. The summed E-state index contributed by atoms with van der Waals surface area (Å²) in [7, 11) is 0. The maximum Gasteiger partial charge on any atom is 0.164 e. The maximum atomic E-state index is 6.45. The molecule has 10 aromatic rings. The number of aromatic nitrogens is 3. The third-order valence-corrected chi connectivity index (χ3v) is 9.35. The molecule has 5 nitrogen and oxygen atoms in total. The molecule has 50 heavy (non-hydrogen) atoms. The quantitative estimate of drug-likeness (QED) is 0.187. The van der Waals surface area contributed by atoms with Crippen molar-refractivity contribution in [3.63, 3.8) is 0 Å². The average molecular weight is 642 g/mol. The van der Waals surface area contributed by atoms with Gasteiger partial charge in [-0.1, -0.05) is 127 Å².